The number of rotatable bonds is 4. The first-order valence-electron chi connectivity index (χ1n) is 5.88. The van der Waals surface area contributed by atoms with Gasteiger partial charge in [-0.1, -0.05) is 32.4 Å². The van der Waals surface area contributed by atoms with Crippen LogP contribution in [-0.2, 0) is 0 Å². The quantitative estimate of drug-likeness (QED) is 0.778. The molecule has 1 aromatic rings. The molecule has 0 saturated heterocycles. The predicted octanol–water partition coefficient (Wildman–Crippen LogP) is 4.15. The van der Waals surface area contributed by atoms with Crippen LogP contribution in [0.15, 0.2) is 18.2 Å². The van der Waals surface area contributed by atoms with Crippen LogP contribution in [0.3, 0.4) is 0 Å². The van der Waals surface area contributed by atoms with Crippen LogP contribution in [0.25, 0.3) is 0 Å². The Morgan fingerprint density at radius 1 is 1.20 bits per heavy atom. The van der Waals surface area contributed by atoms with Gasteiger partial charge >= 0.3 is 0 Å². The van der Waals surface area contributed by atoms with Crippen LogP contribution in [0.4, 0.5) is 5.69 Å². The lowest BCUT2D eigenvalue weighted by atomic mass is 10.00. The summed E-state index contributed by atoms with van der Waals surface area (Å²) in [4.78, 5) is 0. The monoisotopic (exact) mass is 205 g/mol. The molecule has 2 atom stereocenters. The molecule has 0 heterocycles. The average molecular weight is 205 g/mol. The molecular formula is C14H23N. The van der Waals surface area contributed by atoms with E-state index in [1.54, 1.807) is 0 Å². The molecule has 0 spiro atoms. The first kappa shape index (κ1) is 12.1. The number of aryl methyl sites for hydroxylation is 2. The van der Waals surface area contributed by atoms with Crippen LogP contribution in [0, 0.1) is 19.8 Å². The average Bonchev–Trinajstić information content (AvgIpc) is 2.22. The summed E-state index contributed by atoms with van der Waals surface area (Å²) in [6.45, 7) is 11.1. The molecular weight excluding hydrogens is 182 g/mol. The van der Waals surface area contributed by atoms with Crippen molar-refractivity contribution < 1.29 is 0 Å². The van der Waals surface area contributed by atoms with Crippen LogP contribution in [0.2, 0.25) is 0 Å². The van der Waals surface area contributed by atoms with Crippen LogP contribution in [0.1, 0.15) is 38.3 Å². The van der Waals surface area contributed by atoms with Gasteiger partial charge in [0.05, 0.1) is 0 Å². The van der Waals surface area contributed by atoms with Crippen molar-refractivity contribution in [2.24, 2.45) is 5.92 Å². The molecule has 2 unspecified atom stereocenters. The fourth-order valence-electron chi connectivity index (χ4n) is 1.63. The zero-order valence-corrected chi connectivity index (χ0v) is 10.6. The van der Waals surface area contributed by atoms with Gasteiger partial charge in [-0.3, -0.25) is 0 Å². The first-order chi connectivity index (χ1) is 7.04. The van der Waals surface area contributed by atoms with Crippen molar-refractivity contribution in [3.05, 3.63) is 29.3 Å². The van der Waals surface area contributed by atoms with E-state index in [9.17, 15) is 0 Å². The zero-order chi connectivity index (χ0) is 11.4. The molecule has 1 nitrogen and oxygen atoms in total. The highest BCUT2D eigenvalue weighted by molar-refractivity contribution is 5.53. The smallest absolute Gasteiger partial charge is 0.0374 e. The fraction of sp³-hybridized carbons (Fsp3) is 0.571. The molecule has 0 aliphatic rings. The normalized spacial score (nSPS) is 14.7. The molecule has 0 radical (unpaired) electrons. The highest BCUT2D eigenvalue weighted by Crippen LogP contribution is 2.20. The number of benzene rings is 1. The third-order valence-electron chi connectivity index (χ3n) is 3.27. The van der Waals surface area contributed by atoms with Gasteiger partial charge in [-0.05, 0) is 43.9 Å². The van der Waals surface area contributed by atoms with E-state index < -0.39 is 0 Å². The summed E-state index contributed by atoms with van der Waals surface area (Å²) in [5.74, 6) is 0.713. The summed E-state index contributed by atoms with van der Waals surface area (Å²) in [7, 11) is 0. The molecule has 1 rings (SSSR count). The number of nitrogens with one attached hydrogen (secondary N) is 1. The second-order valence-corrected chi connectivity index (χ2v) is 4.64. The topological polar surface area (TPSA) is 12.0 Å². The maximum atomic E-state index is 3.60. The van der Waals surface area contributed by atoms with Crippen molar-refractivity contribution in [2.75, 3.05) is 5.32 Å². The van der Waals surface area contributed by atoms with Gasteiger partial charge in [-0.2, -0.15) is 0 Å². The zero-order valence-electron chi connectivity index (χ0n) is 10.6. The third kappa shape index (κ3) is 3.26. The summed E-state index contributed by atoms with van der Waals surface area (Å²) in [5, 5.41) is 3.60. The molecule has 1 N–H and O–H groups in total. The van der Waals surface area contributed by atoms with E-state index in [0.29, 0.717) is 12.0 Å². The Labute approximate surface area is 93.9 Å². The number of anilines is 1. The lowest BCUT2D eigenvalue weighted by Gasteiger charge is -2.22. The molecule has 1 heteroatoms. The predicted molar refractivity (Wildman–Crippen MR) is 68.5 cm³/mol. The van der Waals surface area contributed by atoms with Crippen LogP contribution in [0.5, 0.6) is 0 Å². The van der Waals surface area contributed by atoms with Gasteiger partial charge in [0.1, 0.15) is 0 Å². The Bertz CT molecular complexity index is 317. The highest BCUT2D eigenvalue weighted by atomic mass is 14.9. The Balaban J connectivity index is 2.75. The first-order valence-corrected chi connectivity index (χ1v) is 5.88. The molecule has 0 aliphatic carbocycles. The molecule has 0 aromatic heterocycles. The molecule has 0 amide bonds. The summed E-state index contributed by atoms with van der Waals surface area (Å²) >= 11 is 0. The van der Waals surface area contributed by atoms with E-state index in [1.165, 1.54) is 23.2 Å². The lowest BCUT2D eigenvalue weighted by molar-refractivity contribution is 0.494. The number of hydrogen-bond acceptors (Lipinski definition) is 1. The maximum absolute atomic E-state index is 3.60. The summed E-state index contributed by atoms with van der Waals surface area (Å²) in [5.41, 5.74) is 3.93. The highest BCUT2D eigenvalue weighted by Gasteiger charge is 2.10. The summed E-state index contributed by atoms with van der Waals surface area (Å²) in [6.07, 6.45) is 1.22. The Morgan fingerprint density at radius 2 is 1.87 bits per heavy atom. The van der Waals surface area contributed by atoms with E-state index in [1.807, 2.05) is 0 Å². The second kappa shape index (κ2) is 5.20. The Morgan fingerprint density at radius 3 is 2.47 bits per heavy atom. The third-order valence-corrected chi connectivity index (χ3v) is 3.27. The van der Waals surface area contributed by atoms with Gasteiger partial charge in [0.15, 0.2) is 0 Å². The summed E-state index contributed by atoms with van der Waals surface area (Å²) < 4.78 is 0. The minimum absolute atomic E-state index is 0.538. The van der Waals surface area contributed by atoms with E-state index in [0.717, 1.165) is 0 Å². The van der Waals surface area contributed by atoms with E-state index in [-0.39, 0.29) is 0 Å². The van der Waals surface area contributed by atoms with Crippen molar-refractivity contribution in [3.8, 4) is 0 Å². The van der Waals surface area contributed by atoms with Gasteiger partial charge < -0.3 is 5.32 Å². The molecule has 0 saturated carbocycles. The fourth-order valence-corrected chi connectivity index (χ4v) is 1.63. The maximum Gasteiger partial charge on any atom is 0.0374 e. The van der Waals surface area contributed by atoms with Gasteiger partial charge in [-0.25, -0.2) is 0 Å². The van der Waals surface area contributed by atoms with Crippen molar-refractivity contribution in [3.63, 3.8) is 0 Å². The van der Waals surface area contributed by atoms with Crippen molar-refractivity contribution in [1.29, 1.82) is 0 Å². The minimum atomic E-state index is 0.538. The van der Waals surface area contributed by atoms with Gasteiger partial charge in [0.25, 0.3) is 0 Å². The standard InChI is InChI=1S/C14H23N/c1-6-11(3)13(5)15-14-9-10(2)7-8-12(14)4/h7-9,11,13,15H,6H2,1-5H3. The summed E-state index contributed by atoms with van der Waals surface area (Å²) in [6, 6.07) is 7.11. The molecule has 0 fully saturated rings. The molecule has 0 aliphatic heterocycles. The lowest BCUT2D eigenvalue weighted by Crippen LogP contribution is -2.23. The van der Waals surface area contributed by atoms with E-state index >= 15 is 0 Å². The SMILES string of the molecule is CCC(C)C(C)Nc1cc(C)ccc1C. The molecule has 0 bridgehead atoms. The van der Waals surface area contributed by atoms with Crippen molar-refractivity contribution in [2.45, 2.75) is 47.1 Å². The van der Waals surface area contributed by atoms with Crippen LogP contribution in [-0.4, -0.2) is 6.04 Å². The van der Waals surface area contributed by atoms with Crippen molar-refractivity contribution in [1.82, 2.24) is 0 Å². The van der Waals surface area contributed by atoms with E-state index in [2.05, 4.69) is 58.1 Å². The largest absolute Gasteiger partial charge is 0.382 e. The van der Waals surface area contributed by atoms with Gasteiger partial charge in [-0.15, -0.1) is 0 Å². The van der Waals surface area contributed by atoms with Crippen LogP contribution >= 0.6 is 0 Å². The van der Waals surface area contributed by atoms with Crippen LogP contribution < -0.4 is 5.32 Å². The molecule has 84 valence electrons. The Hall–Kier alpha value is -0.980. The van der Waals surface area contributed by atoms with Gasteiger partial charge in [0, 0.05) is 11.7 Å². The second-order valence-electron chi connectivity index (χ2n) is 4.64. The molecule has 15 heavy (non-hydrogen) atoms. The Kier molecular flexibility index (Phi) is 4.19. The number of hydrogen-bond donors (Lipinski definition) is 1. The van der Waals surface area contributed by atoms with E-state index in [4.69, 9.17) is 0 Å². The van der Waals surface area contributed by atoms with Crippen molar-refractivity contribution >= 4 is 5.69 Å². The minimum Gasteiger partial charge on any atom is -0.382 e. The molecule has 1 aromatic carbocycles. The van der Waals surface area contributed by atoms with Gasteiger partial charge in [0.2, 0.25) is 0 Å².